The standard InChI is InChI=1S/C10H11ClN4O2/c1-3-17-10(16)6(2)15-5-14-7-8(11)12-4-13-9(7)15/h4-6H,3H2,1-2H3/t6-/m1/s1. The fraction of sp³-hybridized carbons (Fsp3) is 0.400. The summed E-state index contributed by atoms with van der Waals surface area (Å²) in [5.74, 6) is -0.332. The Morgan fingerprint density at radius 3 is 3.00 bits per heavy atom. The second kappa shape index (κ2) is 4.67. The lowest BCUT2D eigenvalue weighted by atomic mass is 10.3. The fourth-order valence-corrected chi connectivity index (χ4v) is 1.66. The number of hydrogen-bond donors (Lipinski definition) is 0. The number of rotatable bonds is 3. The number of halogens is 1. The van der Waals surface area contributed by atoms with Gasteiger partial charge in [-0.05, 0) is 13.8 Å². The van der Waals surface area contributed by atoms with E-state index >= 15 is 0 Å². The van der Waals surface area contributed by atoms with Crippen LogP contribution >= 0.6 is 11.6 Å². The summed E-state index contributed by atoms with van der Waals surface area (Å²) in [7, 11) is 0. The average Bonchev–Trinajstić information content (AvgIpc) is 2.73. The van der Waals surface area contributed by atoms with E-state index in [9.17, 15) is 4.79 Å². The van der Waals surface area contributed by atoms with Gasteiger partial charge in [0.25, 0.3) is 0 Å². The van der Waals surface area contributed by atoms with E-state index < -0.39 is 6.04 Å². The van der Waals surface area contributed by atoms with Crippen molar-refractivity contribution in [3.63, 3.8) is 0 Å². The van der Waals surface area contributed by atoms with E-state index in [-0.39, 0.29) is 11.1 Å². The van der Waals surface area contributed by atoms with Crippen LogP contribution in [0.25, 0.3) is 11.2 Å². The van der Waals surface area contributed by atoms with Crippen LogP contribution in [0.2, 0.25) is 5.15 Å². The van der Waals surface area contributed by atoms with E-state index in [1.807, 2.05) is 0 Å². The molecule has 17 heavy (non-hydrogen) atoms. The van der Waals surface area contributed by atoms with Gasteiger partial charge in [0.05, 0.1) is 12.9 Å². The molecule has 0 N–H and O–H groups in total. The Hall–Kier alpha value is -1.69. The maximum absolute atomic E-state index is 11.6. The molecule has 0 bridgehead atoms. The maximum atomic E-state index is 11.6. The summed E-state index contributed by atoms with van der Waals surface area (Å²) < 4.78 is 6.55. The Morgan fingerprint density at radius 2 is 2.29 bits per heavy atom. The van der Waals surface area contributed by atoms with Gasteiger partial charge in [0, 0.05) is 0 Å². The number of carbonyl (C=O) groups excluding carboxylic acids is 1. The molecule has 0 unspecified atom stereocenters. The fourth-order valence-electron chi connectivity index (χ4n) is 1.48. The minimum atomic E-state index is -0.495. The molecule has 2 rings (SSSR count). The maximum Gasteiger partial charge on any atom is 0.328 e. The van der Waals surface area contributed by atoms with Crippen LogP contribution in [-0.2, 0) is 9.53 Å². The van der Waals surface area contributed by atoms with Crippen LogP contribution in [0.15, 0.2) is 12.7 Å². The first-order valence-corrected chi connectivity index (χ1v) is 5.52. The second-order valence-electron chi connectivity index (χ2n) is 3.42. The van der Waals surface area contributed by atoms with E-state index in [0.717, 1.165) is 0 Å². The summed E-state index contributed by atoms with van der Waals surface area (Å²) in [5, 5.41) is 0.268. The molecule has 90 valence electrons. The van der Waals surface area contributed by atoms with Gasteiger partial charge in [0.1, 0.15) is 17.9 Å². The zero-order chi connectivity index (χ0) is 12.4. The summed E-state index contributed by atoms with van der Waals surface area (Å²) in [5.41, 5.74) is 0.996. The molecule has 0 fully saturated rings. The van der Waals surface area contributed by atoms with Gasteiger partial charge in [-0.3, -0.25) is 0 Å². The minimum Gasteiger partial charge on any atom is -0.464 e. The average molecular weight is 255 g/mol. The highest BCUT2D eigenvalue weighted by molar-refractivity contribution is 6.33. The number of nitrogens with zero attached hydrogens (tertiary/aromatic N) is 4. The largest absolute Gasteiger partial charge is 0.464 e. The molecule has 0 radical (unpaired) electrons. The molecule has 7 heteroatoms. The lowest BCUT2D eigenvalue weighted by Crippen LogP contribution is -2.18. The van der Waals surface area contributed by atoms with Gasteiger partial charge in [-0.25, -0.2) is 19.7 Å². The number of fused-ring (bicyclic) bond motifs is 1. The molecule has 2 aromatic heterocycles. The van der Waals surface area contributed by atoms with Gasteiger partial charge in [-0.15, -0.1) is 0 Å². The van der Waals surface area contributed by atoms with Gasteiger partial charge >= 0.3 is 5.97 Å². The van der Waals surface area contributed by atoms with E-state index in [0.29, 0.717) is 17.8 Å². The van der Waals surface area contributed by atoms with Gasteiger partial charge in [-0.1, -0.05) is 11.6 Å². The highest BCUT2D eigenvalue weighted by Gasteiger charge is 2.19. The number of hydrogen-bond acceptors (Lipinski definition) is 5. The van der Waals surface area contributed by atoms with Crippen molar-refractivity contribution in [3.05, 3.63) is 17.8 Å². The topological polar surface area (TPSA) is 69.9 Å². The zero-order valence-electron chi connectivity index (χ0n) is 9.42. The molecular formula is C10H11ClN4O2. The quantitative estimate of drug-likeness (QED) is 0.615. The van der Waals surface area contributed by atoms with Crippen LogP contribution in [0.5, 0.6) is 0 Å². The number of ether oxygens (including phenoxy) is 1. The van der Waals surface area contributed by atoms with E-state index in [1.54, 1.807) is 18.4 Å². The van der Waals surface area contributed by atoms with Crippen LogP contribution in [0.1, 0.15) is 19.9 Å². The molecule has 6 nitrogen and oxygen atoms in total. The first-order valence-electron chi connectivity index (χ1n) is 5.14. The van der Waals surface area contributed by atoms with Crippen LogP contribution < -0.4 is 0 Å². The summed E-state index contributed by atoms with van der Waals surface area (Å²) in [6, 6.07) is -0.495. The molecule has 0 spiro atoms. The molecule has 0 saturated heterocycles. The molecule has 0 aromatic carbocycles. The minimum absolute atomic E-state index is 0.268. The summed E-state index contributed by atoms with van der Waals surface area (Å²) >= 11 is 5.87. The van der Waals surface area contributed by atoms with Gasteiger partial charge < -0.3 is 9.30 Å². The van der Waals surface area contributed by atoms with E-state index in [2.05, 4.69) is 15.0 Å². The molecular weight excluding hydrogens is 244 g/mol. The third-order valence-corrected chi connectivity index (χ3v) is 2.64. The van der Waals surface area contributed by atoms with Gasteiger partial charge in [-0.2, -0.15) is 0 Å². The third kappa shape index (κ3) is 2.08. The van der Waals surface area contributed by atoms with Crippen molar-refractivity contribution in [2.45, 2.75) is 19.9 Å². The summed E-state index contributed by atoms with van der Waals surface area (Å²) in [6.45, 7) is 3.82. The Morgan fingerprint density at radius 1 is 1.53 bits per heavy atom. The van der Waals surface area contributed by atoms with Crippen molar-refractivity contribution < 1.29 is 9.53 Å². The predicted octanol–water partition coefficient (Wildman–Crippen LogP) is 1.60. The van der Waals surface area contributed by atoms with Crippen molar-refractivity contribution in [3.8, 4) is 0 Å². The van der Waals surface area contributed by atoms with Crippen LogP contribution in [-0.4, -0.2) is 32.1 Å². The Balaban J connectivity index is 2.42. The molecule has 0 aliphatic carbocycles. The Kier molecular flexibility index (Phi) is 3.23. The summed E-state index contributed by atoms with van der Waals surface area (Å²) in [4.78, 5) is 23.6. The Bertz CT molecular complexity index is 554. The number of imidazole rings is 1. The molecule has 0 amide bonds. The van der Waals surface area contributed by atoms with Crippen molar-refractivity contribution in [1.82, 2.24) is 19.5 Å². The van der Waals surface area contributed by atoms with Crippen molar-refractivity contribution in [1.29, 1.82) is 0 Å². The SMILES string of the molecule is CCOC(=O)[C@@H](C)n1cnc2c(Cl)ncnc21. The highest BCUT2D eigenvalue weighted by Crippen LogP contribution is 2.20. The second-order valence-corrected chi connectivity index (χ2v) is 3.77. The predicted molar refractivity (Wildman–Crippen MR) is 61.7 cm³/mol. The monoisotopic (exact) mass is 254 g/mol. The molecule has 1 atom stereocenters. The van der Waals surface area contributed by atoms with Crippen LogP contribution in [0.3, 0.4) is 0 Å². The lowest BCUT2D eigenvalue weighted by molar-refractivity contribution is -0.146. The lowest BCUT2D eigenvalue weighted by Gasteiger charge is -2.11. The van der Waals surface area contributed by atoms with Crippen LogP contribution in [0, 0.1) is 0 Å². The van der Waals surface area contributed by atoms with E-state index in [4.69, 9.17) is 16.3 Å². The Labute approximate surface area is 103 Å². The molecule has 0 aliphatic heterocycles. The smallest absolute Gasteiger partial charge is 0.328 e. The first-order chi connectivity index (χ1) is 8.15. The van der Waals surface area contributed by atoms with Crippen molar-refractivity contribution in [2.24, 2.45) is 0 Å². The van der Waals surface area contributed by atoms with E-state index in [1.165, 1.54) is 12.7 Å². The normalized spacial score (nSPS) is 12.6. The number of esters is 1. The molecule has 0 aliphatic rings. The summed E-state index contributed by atoms with van der Waals surface area (Å²) in [6.07, 6.45) is 2.84. The van der Waals surface area contributed by atoms with Gasteiger partial charge in [0.2, 0.25) is 0 Å². The first kappa shape index (κ1) is 11.8. The van der Waals surface area contributed by atoms with Crippen LogP contribution in [0.4, 0.5) is 0 Å². The molecule has 2 heterocycles. The van der Waals surface area contributed by atoms with Crippen molar-refractivity contribution >= 4 is 28.7 Å². The highest BCUT2D eigenvalue weighted by atomic mass is 35.5. The molecule has 0 saturated carbocycles. The van der Waals surface area contributed by atoms with Crippen molar-refractivity contribution in [2.75, 3.05) is 6.61 Å². The third-order valence-electron chi connectivity index (χ3n) is 2.36. The van der Waals surface area contributed by atoms with Gasteiger partial charge in [0.15, 0.2) is 10.8 Å². The zero-order valence-corrected chi connectivity index (χ0v) is 10.2. The number of aromatic nitrogens is 4. The molecule has 2 aromatic rings. The number of carbonyl (C=O) groups is 1.